The smallest absolute Gasteiger partial charge is 0.252 e. The fourth-order valence-corrected chi connectivity index (χ4v) is 22.2. The third kappa shape index (κ3) is 13.3. The van der Waals surface area contributed by atoms with Crippen LogP contribution < -0.4 is 26.2 Å². The van der Waals surface area contributed by atoms with Gasteiger partial charge < -0.3 is 36.9 Å². The number of furan rings is 2. The second-order valence-corrected chi connectivity index (χ2v) is 47.3. The molecule has 678 valence electrons. The fraction of sp³-hybridized carbons (Fsp3) is 0.250. The predicted octanol–water partition coefficient (Wildman–Crippen LogP) is 34.0. The second kappa shape index (κ2) is 29.3. The predicted molar refractivity (Wildman–Crippen MR) is 587 cm³/mol. The van der Waals surface area contributed by atoms with Crippen LogP contribution in [-0.4, -0.2) is 25.0 Å². The Labute approximate surface area is 816 Å². The minimum atomic E-state index is -0.607. The van der Waals surface area contributed by atoms with Crippen LogP contribution in [0.4, 0.5) is 34.1 Å². The number of benzene rings is 16. The summed E-state index contributed by atoms with van der Waals surface area (Å²) in [4.78, 5) is 4.73. The Hall–Kier alpha value is -14.0. The molecule has 0 saturated carbocycles. The SMILES string of the molecule is [2H]c1c([2H])c([2H])c2c(c1[2H])c1c([2H])c([2H])c([2H])c([2H])c1n2-c1cc2c3c(c1)N(c1cccc4c1oc1c(-n5c6ccc(C(C)(C)C)cc6c6cc(C(C)(C)C)ccc65)cccc14)c1cc(-n4c5ccc(C(C)(C)C)cc5c5cc(C(C)(C)C)ccc54)ccc1B3c1ccc(-c3cc(C(C)(C)C)cc(C(C)(C)C)c3)cc1N2c1cccc2c1oc1c(-n3c4ccc(C(C)(C)C)cc4c4cc(C(C)(C)C)ccc43)cccc12. The number of fused-ring (bicyclic) bond motifs is 22. The highest BCUT2D eigenvalue weighted by Crippen LogP contribution is 2.55. The van der Waals surface area contributed by atoms with E-state index in [1.165, 1.54) is 44.5 Å². The molecule has 16 aromatic carbocycles. The number of nitrogens with zero attached hydrogens (tertiary/aromatic N) is 6. The zero-order valence-electron chi connectivity index (χ0n) is 91.2. The molecule has 22 aromatic rings. The molecule has 9 heteroatoms. The first-order chi connectivity index (χ1) is 68.3. The van der Waals surface area contributed by atoms with E-state index in [1.54, 1.807) is 4.57 Å². The standard InChI is InChI=1S/C128H121BN6O2/c1-121(2,3)76-46-55-102-92(65-76)93-66-77(122(4,5)6)47-56-103(93)130(102)84-52-54-99-113(71-84)135(111-44-32-38-91-89-36-30-42-109(118(89)137-120(91)111)133-106-59-50-80(125(13,14)15)69-96(106)97-70-81(126(16,17)18)51-60-107(97)133)115-73-85(131-100-39-27-25-33-86(100)87-34-26-28-40-101(87)131)72-114-116(115)129(99)98-53-45-74(75-61-82(127(19,20)21)64-83(62-75)128(22,23)24)63-112(98)134(114)110-43-31-37-90-88-35-29-41-108(117(88)136-119(90)110)132-104-57-48-78(123(7,8)9)67-94(104)95-68-79(124(10,11)12)49-58-105(95)132/h25-73H,1-24H3/i25D,26D,27D,28D,33D,34D,39D,40D. The topological polar surface area (TPSA) is 52.5 Å². The van der Waals surface area contributed by atoms with E-state index in [2.05, 4.69) is 438 Å². The van der Waals surface area contributed by atoms with Gasteiger partial charge in [0, 0.05) is 93.1 Å². The zero-order chi connectivity index (χ0) is 102. The van der Waals surface area contributed by atoms with Gasteiger partial charge in [0.2, 0.25) is 0 Å². The van der Waals surface area contributed by atoms with E-state index in [1.807, 2.05) is 0 Å². The van der Waals surface area contributed by atoms with Crippen molar-refractivity contribution in [2.24, 2.45) is 0 Å². The highest BCUT2D eigenvalue weighted by molar-refractivity contribution is 7.00. The lowest BCUT2D eigenvalue weighted by Gasteiger charge is -2.44. The zero-order valence-corrected chi connectivity index (χ0v) is 83.2. The molecule has 0 aliphatic carbocycles. The van der Waals surface area contributed by atoms with Gasteiger partial charge in [-0.1, -0.05) is 324 Å². The van der Waals surface area contributed by atoms with Crippen LogP contribution in [0.1, 0.15) is 222 Å². The monoisotopic (exact) mass is 1790 g/mol. The summed E-state index contributed by atoms with van der Waals surface area (Å²) < 4.78 is 105. The van der Waals surface area contributed by atoms with Crippen molar-refractivity contribution in [1.82, 2.24) is 18.3 Å². The maximum absolute atomic E-state index is 10.4. The lowest BCUT2D eigenvalue weighted by molar-refractivity contribution is 0.569. The Kier molecular flexibility index (Phi) is 16.5. The Morgan fingerprint density at radius 1 is 0.212 bits per heavy atom. The molecule has 0 bridgehead atoms. The summed E-state index contributed by atoms with van der Waals surface area (Å²) in [6.45, 7) is 54.0. The number of hydrogen-bond donors (Lipinski definition) is 0. The molecular weight excluding hydrogens is 1660 g/mol. The van der Waals surface area contributed by atoms with Crippen molar-refractivity contribution < 1.29 is 19.8 Å². The molecule has 8 nitrogen and oxygen atoms in total. The van der Waals surface area contributed by atoms with Gasteiger partial charge in [0.1, 0.15) is 0 Å². The molecule has 0 N–H and O–H groups in total. The van der Waals surface area contributed by atoms with E-state index in [0.29, 0.717) is 50.8 Å². The van der Waals surface area contributed by atoms with Crippen molar-refractivity contribution in [3.8, 4) is 33.9 Å². The molecule has 0 atom stereocenters. The first kappa shape index (κ1) is 77.2. The third-order valence-electron chi connectivity index (χ3n) is 30.0. The van der Waals surface area contributed by atoms with Gasteiger partial charge in [-0.05, 0) is 255 Å². The second-order valence-electron chi connectivity index (χ2n) is 47.3. The van der Waals surface area contributed by atoms with Gasteiger partial charge in [0.05, 0.1) is 83.5 Å². The van der Waals surface area contributed by atoms with Gasteiger partial charge in [-0.15, -0.1) is 0 Å². The molecule has 6 aromatic heterocycles. The minimum absolute atomic E-state index is 0.0155. The molecule has 0 saturated heterocycles. The molecule has 2 aliphatic heterocycles. The van der Waals surface area contributed by atoms with Crippen LogP contribution in [-0.2, 0) is 43.3 Å². The fourth-order valence-electron chi connectivity index (χ4n) is 22.2. The van der Waals surface area contributed by atoms with Gasteiger partial charge in [-0.3, -0.25) is 0 Å². The Morgan fingerprint density at radius 2 is 0.504 bits per heavy atom. The van der Waals surface area contributed by atoms with Gasteiger partial charge in [0.25, 0.3) is 6.71 Å². The van der Waals surface area contributed by atoms with Crippen LogP contribution in [0, 0.1) is 0 Å². The normalized spacial score (nSPS) is 14.6. The van der Waals surface area contributed by atoms with E-state index in [-0.39, 0.29) is 65.1 Å². The molecule has 0 fully saturated rings. The number of anilines is 6. The Bertz CT molecular complexity index is 9160. The molecule has 0 spiro atoms. The summed E-state index contributed by atoms with van der Waals surface area (Å²) >= 11 is 0. The Morgan fingerprint density at radius 3 is 0.847 bits per heavy atom. The molecular formula is C128H121BN6O2. The summed E-state index contributed by atoms with van der Waals surface area (Å²) in [5, 5.41) is 10.3. The molecule has 8 heterocycles. The molecule has 2 aliphatic rings. The van der Waals surface area contributed by atoms with Crippen molar-refractivity contribution in [2.45, 2.75) is 209 Å². The van der Waals surface area contributed by atoms with E-state index >= 15 is 0 Å². The molecule has 0 unspecified atom stereocenters. The van der Waals surface area contributed by atoms with Crippen molar-refractivity contribution in [3.63, 3.8) is 0 Å². The average Bonchev–Trinajstić information content (AvgIpc) is 1.61. The lowest BCUT2D eigenvalue weighted by Crippen LogP contribution is -2.61. The minimum Gasteiger partial charge on any atom is -0.452 e. The van der Waals surface area contributed by atoms with Crippen LogP contribution >= 0.6 is 0 Å². The van der Waals surface area contributed by atoms with Crippen LogP contribution in [0.3, 0.4) is 0 Å². The third-order valence-corrected chi connectivity index (χ3v) is 30.0. The van der Waals surface area contributed by atoms with Gasteiger partial charge >= 0.3 is 0 Å². The van der Waals surface area contributed by atoms with E-state index in [0.717, 1.165) is 143 Å². The first-order valence-electron chi connectivity index (χ1n) is 52.7. The number of aromatic nitrogens is 4. The molecule has 0 amide bonds. The van der Waals surface area contributed by atoms with Crippen molar-refractivity contribution in [3.05, 3.63) is 342 Å². The summed E-state index contributed by atoms with van der Waals surface area (Å²) in [6, 6.07) is 89.1. The quantitative estimate of drug-likeness (QED) is 0.149. The van der Waals surface area contributed by atoms with Crippen molar-refractivity contribution in [1.29, 1.82) is 0 Å². The molecule has 137 heavy (non-hydrogen) atoms. The van der Waals surface area contributed by atoms with E-state index < -0.39 is 55.1 Å². The number of para-hydroxylation sites is 6. The van der Waals surface area contributed by atoms with Crippen LogP contribution in [0.5, 0.6) is 0 Å². The van der Waals surface area contributed by atoms with Gasteiger partial charge in [-0.25, -0.2) is 0 Å². The van der Waals surface area contributed by atoms with Crippen LogP contribution in [0.25, 0.3) is 165 Å². The van der Waals surface area contributed by atoms with Crippen LogP contribution in [0.2, 0.25) is 0 Å². The van der Waals surface area contributed by atoms with E-state index in [4.69, 9.17) is 8.83 Å². The molecule has 0 radical (unpaired) electrons. The van der Waals surface area contributed by atoms with Crippen molar-refractivity contribution >= 4 is 188 Å². The summed E-state index contributed by atoms with van der Waals surface area (Å²) in [5.74, 6) is 0. The maximum atomic E-state index is 10.4. The van der Waals surface area contributed by atoms with Crippen molar-refractivity contribution in [2.75, 3.05) is 9.80 Å². The number of hydrogen-bond acceptors (Lipinski definition) is 4. The summed E-state index contributed by atoms with van der Waals surface area (Å²) in [6.07, 6.45) is 0. The van der Waals surface area contributed by atoms with Crippen LogP contribution in [0.15, 0.2) is 306 Å². The number of rotatable bonds is 7. The molecule has 24 rings (SSSR count). The first-order valence-corrected chi connectivity index (χ1v) is 48.7. The highest BCUT2D eigenvalue weighted by Gasteiger charge is 2.46. The van der Waals surface area contributed by atoms with E-state index in [9.17, 15) is 11.0 Å². The lowest BCUT2D eigenvalue weighted by atomic mass is 9.33. The summed E-state index contributed by atoms with van der Waals surface area (Å²) in [5.41, 5.74) is 29.2. The maximum Gasteiger partial charge on any atom is 0.252 e. The largest absolute Gasteiger partial charge is 0.452 e. The Balaban J connectivity index is 0.866. The highest BCUT2D eigenvalue weighted by atomic mass is 16.3. The average molecular weight is 1790 g/mol. The van der Waals surface area contributed by atoms with Gasteiger partial charge in [0.15, 0.2) is 22.3 Å². The van der Waals surface area contributed by atoms with Gasteiger partial charge in [-0.2, -0.15) is 0 Å². The summed E-state index contributed by atoms with van der Waals surface area (Å²) in [7, 11) is 0.